The fourth-order valence-corrected chi connectivity index (χ4v) is 2.36. The molecule has 0 aromatic heterocycles. The summed E-state index contributed by atoms with van der Waals surface area (Å²) in [6.45, 7) is 3.47. The first kappa shape index (κ1) is 13.9. The second kappa shape index (κ2) is 7.18. The molecular weight excluding hydrogens is 238 g/mol. The van der Waals surface area contributed by atoms with E-state index < -0.39 is 0 Å². The number of rotatable bonds is 4. The average Bonchev–Trinajstić information content (AvgIpc) is 2.92. The lowest BCUT2D eigenvalue weighted by Crippen LogP contribution is -2.18. The van der Waals surface area contributed by atoms with Crippen molar-refractivity contribution in [3.63, 3.8) is 0 Å². The number of likely N-dealkylation sites (tertiary alicyclic amines) is 1. The molecule has 1 fully saturated rings. The molecule has 1 aromatic carbocycles. The van der Waals surface area contributed by atoms with Crippen molar-refractivity contribution in [1.29, 1.82) is 0 Å². The van der Waals surface area contributed by atoms with Crippen molar-refractivity contribution >= 4 is 0 Å². The summed E-state index contributed by atoms with van der Waals surface area (Å²) in [5.74, 6) is 6.83. The minimum absolute atomic E-state index is 0.1000. The highest BCUT2D eigenvalue weighted by Crippen LogP contribution is 2.21. The third-order valence-electron chi connectivity index (χ3n) is 3.33. The first-order chi connectivity index (χ1) is 9.33. The molecule has 0 spiro atoms. The summed E-state index contributed by atoms with van der Waals surface area (Å²) in [7, 11) is 1.66. The van der Waals surface area contributed by atoms with Crippen LogP contribution in [0.15, 0.2) is 18.2 Å². The molecule has 1 aromatic rings. The van der Waals surface area contributed by atoms with Gasteiger partial charge in [0.2, 0.25) is 0 Å². The molecule has 0 aliphatic carbocycles. The van der Waals surface area contributed by atoms with Crippen LogP contribution in [-0.4, -0.2) is 36.8 Å². The van der Waals surface area contributed by atoms with Gasteiger partial charge in [-0.25, -0.2) is 0 Å². The fourth-order valence-electron chi connectivity index (χ4n) is 2.36. The monoisotopic (exact) mass is 259 g/mol. The normalized spacial score (nSPS) is 15.1. The molecule has 0 atom stereocenters. The zero-order valence-electron chi connectivity index (χ0n) is 11.5. The summed E-state index contributed by atoms with van der Waals surface area (Å²) < 4.78 is 5.32. The number of hydrogen-bond donors (Lipinski definition) is 1. The minimum Gasteiger partial charge on any atom is -0.495 e. The molecule has 3 nitrogen and oxygen atoms in total. The number of methoxy groups -OCH3 is 1. The summed E-state index contributed by atoms with van der Waals surface area (Å²) >= 11 is 0. The van der Waals surface area contributed by atoms with E-state index in [2.05, 4.69) is 28.9 Å². The van der Waals surface area contributed by atoms with Crippen LogP contribution in [0.3, 0.4) is 0 Å². The van der Waals surface area contributed by atoms with Gasteiger partial charge in [-0.3, -0.25) is 4.90 Å². The Hall–Kier alpha value is -1.50. The third-order valence-corrected chi connectivity index (χ3v) is 3.33. The van der Waals surface area contributed by atoms with E-state index in [0.29, 0.717) is 6.42 Å². The van der Waals surface area contributed by atoms with Crippen LogP contribution in [0, 0.1) is 11.8 Å². The average molecular weight is 259 g/mol. The lowest BCUT2D eigenvalue weighted by molar-refractivity contribution is 0.305. The molecule has 0 unspecified atom stereocenters. The van der Waals surface area contributed by atoms with Crippen molar-refractivity contribution in [3.05, 3.63) is 29.3 Å². The quantitative estimate of drug-likeness (QED) is 0.840. The number of benzene rings is 1. The van der Waals surface area contributed by atoms with Crippen LogP contribution in [0.1, 0.15) is 30.4 Å². The van der Waals surface area contributed by atoms with E-state index in [1.165, 1.54) is 31.5 Å². The molecule has 1 saturated heterocycles. The number of aliphatic hydroxyl groups excluding tert-OH is 1. The first-order valence-corrected chi connectivity index (χ1v) is 6.82. The third kappa shape index (κ3) is 3.99. The van der Waals surface area contributed by atoms with Gasteiger partial charge in [-0.1, -0.05) is 17.9 Å². The second-order valence-electron chi connectivity index (χ2n) is 4.79. The Bertz CT molecular complexity index is 467. The maximum atomic E-state index is 8.77. The van der Waals surface area contributed by atoms with Gasteiger partial charge in [0, 0.05) is 13.0 Å². The Kier molecular flexibility index (Phi) is 5.26. The van der Waals surface area contributed by atoms with E-state index >= 15 is 0 Å². The Labute approximate surface area is 115 Å². The molecule has 1 heterocycles. The molecule has 0 radical (unpaired) electrons. The van der Waals surface area contributed by atoms with E-state index in [9.17, 15) is 0 Å². The molecule has 19 heavy (non-hydrogen) atoms. The Morgan fingerprint density at radius 1 is 1.32 bits per heavy atom. The number of hydrogen-bond acceptors (Lipinski definition) is 3. The van der Waals surface area contributed by atoms with Crippen molar-refractivity contribution in [2.75, 3.05) is 26.8 Å². The van der Waals surface area contributed by atoms with Crippen molar-refractivity contribution in [1.82, 2.24) is 4.90 Å². The highest BCUT2D eigenvalue weighted by molar-refractivity contribution is 5.48. The Morgan fingerprint density at radius 3 is 2.79 bits per heavy atom. The Balaban J connectivity index is 2.12. The van der Waals surface area contributed by atoms with Crippen molar-refractivity contribution in [2.45, 2.75) is 25.8 Å². The summed E-state index contributed by atoms with van der Waals surface area (Å²) in [5, 5.41) is 8.77. The Morgan fingerprint density at radius 2 is 2.11 bits per heavy atom. The lowest BCUT2D eigenvalue weighted by Gasteiger charge is -2.15. The smallest absolute Gasteiger partial charge is 0.134 e. The van der Waals surface area contributed by atoms with Gasteiger partial charge in [0.25, 0.3) is 0 Å². The van der Waals surface area contributed by atoms with Crippen LogP contribution in [0.4, 0.5) is 0 Å². The van der Waals surface area contributed by atoms with Crippen molar-refractivity contribution in [3.8, 4) is 17.6 Å². The van der Waals surface area contributed by atoms with Crippen LogP contribution in [0.5, 0.6) is 5.75 Å². The molecule has 1 N–H and O–H groups in total. The van der Waals surface area contributed by atoms with Crippen LogP contribution in [-0.2, 0) is 6.54 Å². The molecule has 102 valence electrons. The summed E-state index contributed by atoms with van der Waals surface area (Å²) in [5.41, 5.74) is 2.18. The van der Waals surface area contributed by atoms with Gasteiger partial charge >= 0.3 is 0 Å². The van der Waals surface area contributed by atoms with Gasteiger partial charge in [0.1, 0.15) is 5.75 Å². The van der Waals surface area contributed by atoms with E-state index in [-0.39, 0.29) is 6.61 Å². The predicted molar refractivity (Wildman–Crippen MR) is 76.1 cm³/mol. The van der Waals surface area contributed by atoms with Crippen LogP contribution >= 0.6 is 0 Å². The molecular formula is C16H21NO2. The molecule has 1 aliphatic rings. The van der Waals surface area contributed by atoms with Gasteiger partial charge in [-0.05, 0) is 43.6 Å². The largest absolute Gasteiger partial charge is 0.495 e. The molecule has 3 heteroatoms. The first-order valence-electron chi connectivity index (χ1n) is 6.82. The van der Waals surface area contributed by atoms with E-state index in [4.69, 9.17) is 9.84 Å². The van der Waals surface area contributed by atoms with E-state index in [1.54, 1.807) is 7.11 Å². The van der Waals surface area contributed by atoms with E-state index in [0.717, 1.165) is 17.9 Å². The molecule has 0 saturated carbocycles. The van der Waals surface area contributed by atoms with Gasteiger partial charge < -0.3 is 9.84 Å². The minimum atomic E-state index is 0.1000. The number of aliphatic hydroxyl groups is 1. The summed E-state index contributed by atoms with van der Waals surface area (Å²) in [4.78, 5) is 2.47. The second-order valence-corrected chi connectivity index (χ2v) is 4.79. The van der Waals surface area contributed by atoms with Gasteiger partial charge in [-0.2, -0.15) is 0 Å². The number of ether oxygens (including phenoxy) is 1. The van der Waals surface area contributed by atoms with Crippen LogP contribution in [0.25, 0.3) is 0 Å². The van der Waals surface area contributed by atoms with Crippen LogP contribution in [0.2, 0.25) is 0 Å². The molecule has 1 aliphatic heterocycles. The topological polar surface area (TPSA) is 32.7 Å². The van der Waals surface area contributed by atoms with Gasteiger partial charge in [0.05, 0.1) is 19.3 Å². The standard InChI is InChI=1S/C16H21NO2/c1-19-16-8-7-14(13-17-9-3-4-10-17)12-15(16)6-2-5-11-18/h7-8,12,18H,3-5,9-11,13H2,1H3. The highest BCUT2D eigenvalue weighted by atomic mass is 16.5. The fraction of sp³-hybridized carbons (Fsp3) is 0.500. The summed E-state index contributed by atoms with van der Waals surface area (Å²) in [6.07, 6.45) is 3.11. The maximum Gasteiger partial charge on any atom is 0.134 e. The van der Waals surface area contributed by atoms with Gasteiger partial charge in [0.15, 0.2) is 0 Å². The zero-order valence-corrected chi connectivity index (χ0v) is 11.5. The van der Waals surface area contributed by atoms with Gasteiger partial charge in [-0.15, -0.1) is 0 Å². The highest BCUT2D eigenvalue weighted by Gasteiger charge is 2.12. The van der Waals surface area contributed by atoms with Crippen LogP contribution < -0.4 is 4.74 Å². The lowest BCUT2D eigenvalue weighted by atomic mass is 10.1. The summed E-state index contributed by atoms with van der Waals surface area (Å²) in [6, 6.07) is 6.18. The SMILES string of the molecule is COc1ccc(CN2CCCC2)cc1C#CCCO. The molecule has 2 rings (SSSR count). The predicted octanol–water partition coefficient (Wildman–Crippen LogP) is 2.02. The molecule has 0 bridgehead atoms. The maximum absolute atomic E-state index is 8.77. The molecule has 0 amide bonds. The number of nitrogens with zero attached hydrogens (tertiary/aromatic N) is 1. The zero-order chi connectivity index (χ0) is 13.5. The van der Waals surface area contributed by atoms with Crippen molar-refractivity contribution < 1.29 is 9.84 Å². The van der Waals surface area contributed by atoms with Crippen molar-refractivity contribution in [2.24, 2.45) is 0 Å². The van der Waals surface area contributed by atoms with E-state index in [1.807, 2.05) is 6.07 Å².